The Kier molecular flexibility index (Phi) is 5.28. The number of benzene rings is 1. The lowest BCUT2D eigenvalue weighted by Gasteiger charge is -2.23. The molecule has 1 amide bonds. The zero-order valence-corrected chi connectivity index (χ0v) is 14.0. The molecule has 0 spiro atoms. The van der Waals surface area contributed by atoms with E-state index in [1.54, 1.807) is 62.2 Å². The van der Waals surface area contributed by atoms with Crippen LogP contribution in [0.3, 0.4) is 0 Å². The van der Waals surface area contributed by atoms with Crippen LogP contribution in [0.5, 0.6) is 5.75 Å². The van der Waals surface area contributed by atoms with Gasteiger partial charge in [-0.1, -0.05) is 23.7 Å². The van der Waals surface area contributed by atoms with Crippen molar-refractivity contribution in [2.75, 3.05) is 6.54 Å². The standard InChI is InChI=1S/C16H20ClN3O3/c1-11(23-14-7-5-4-6-13(14)17)15(21)18-10-16(2,22)12-8-19-20(3)9-12/h4-9,11,22H,10H2,1-3H3,(H,18,21). The van der Waals surface area contributed by atoms with Crippen molar-refractivity contribution >= 4 is 17.5 Å². The molecule has 0 aliphatic carbocycles. The first kappa shape index (κ1) is 17.3. The lowest BCUT2D eigenvalue weighted by atomic mass is 10.00. The summed E-state index contributed by atoms with van der Waals surface area (Å²) >= 11 is 6.00. The van der Waals surface area contributed by atoms with Gasteiger partial charge in [0, 0.05) is 18.8 Å². The first-order chi connectivity index (χ1) is 10.8. The van der Waals surface area contributed by atoms with Crippen LogP contribution < -0.4 is 10.1 Å². The number of aryl methyl sites for hydroxylation is 1. The van der Waals surface area contributed by atoms with E-state index in [-0.39, 0.29) is 12.5 Å². The van der Waals surface area contributed by atoms with Crippen molar-refractivity contribution in [2.24, 2.45) is 7.05 Å². The third kappa shape index (κ3) is 4.46. The average Bonchev–Trinajstić information content (AvgIpc) is 2.94. The SMILES string of the molecule is CC(Oc1ccccc1Cl)C(=O)NCC(C)(O)c1cnn(C)c1. The number of carbonyl (C=O) groups excluding carboxylic acids is 1. The van der Waals surface area contributed by atoms with Crippen LogP contribution >= 0.6 is 11.6 Å². The topological polar surface area (TPSA) is 76.4 Å². The molecular formula is C16H20ClN3O3. The van der Waals surface area contributed by atoms with Crippen LogP contribution in [0.15, 0.2) is 36.7 Å². The molecule has 2 atom stereocenters. The third-order valence-electron chi connectivity index (χ3n) is 3.44. The van der Waals surface area contributed by atoms with Gasteiger partial charge in [0.15, 0.2) is 6.10 Å². The average molecular weight is 338 g/mol. The van der Waals surface area contributed by atoms with E-state index in [0.717, 1.165) is 0 Å². The summed E-state index contributed by atoms with van der Waals surface area (Å²) < 4.78 is 7.13. The van der Waals surface area contributed by atoms with Gasteiger partial charge in [0.1, 0.15) is 11.4 Å². The van der Waals surface area contributed by atoms with Crippen molar-refractivity contribution < 1.29 is 14.6 Å². The predicted octanol–water partition coefficient (Wildman–Crippen LogP) is 1.86. The summed E-state index contributed by atoms with van der Waals surface area (Å²) in [4.78, 5) is 12.1. The minimum absolute atomic E-state index is 0.0494. The van der Waals surface area contributed by atoms with Crippen LogP contribution in [-0.2, 0) is 17.4 Å². The van der Waals surface area contributed by atoms with Gasteiger partial charge < -0.3 is 15.2 Å². The molecule has 7 heteroatoms. The van der Waals surface area contributed by atoms with E-state index in [1.807, 2.05) is 0 Å². The fraction of sp³-hybridized carbons (Fsp3) is 0.375. The molecule has 0 aliphatic heterocycles. The zero-order valence-electron chi connectivity index (χ0n) is 13.3. The molecule has 0 bridgehead atoms. The number of aliphatic hydroxyl groups is 1. The van der Waals surface area contributed by atoms with Crippen LogP contribution in [0, 0.1) is 0 Å². The molecule has 1 heterocycles. The first-order valence-corrected chi connectivity index (χ1v) is 7.58. The molecule has 2 unspecified atom stereocenters. The number of hydrogen-bond donors (Lipinski definition) is 2. The predicted molar refractivity (Wildman–Crippen MR) is 87.3 cm³/mol. The fourth-order valence-corrected chi connectivity index (χ4v) is 2.17. The van der Waals surface area contributed by atoms with Crippen LogP contribution in [0.1, 0.15) is 19.4 Å². The molecule has 0 radical (unpaired) electrons. The summed E-state index contributed by atoms with van der Waals surface area (Å²) in [6.07, 6.45) is 2.53. The van der Waals surface area contributed by atoms with Crippen LogP contribution in [0.4, 0.5) is 0 Å². The van der Waals surface area contributed by atoms with E-state index in [4.69, 9.17) is 16.3 Å². The second-order valence-electron chi connectivity index (χ2n) is 5.58. The molecule has 23 heavy (non-hydrogen) atoms. The van der Waals surface area contributed by atoms with Gasteiger partial charge in [-0.15, -0.1) is 0 Å². The van der Waals surface area contributed by atoms with Crippen molar-refractivity contribution in [2.45, 2.75) is 25.6 Å². The summed E-state index contributed by atoms with van der Waals surface area (Å²) in [7, 11) is 1.76. The normalized spacial score (nSPS) is 14.8. The quantitative estimate of drug-likeness (QED) is 0.843. The largest absolute Gasteiger partial charge is 0.479 e. The van der Waals surface area contributed by atoms with Gasteiger partial charge in [-0.05, 0) is 26.0 Å². The van der Waals surface area contributed by atoms with Gasteiger partial charge in [0.05, 0.1) is 17.8 Å². The molecule has 2 N–H and O–H groups in total. The van der Waals surface area contributed by atoms with Gasteiger partial charge in [0.2, 0.25) is 0 Å². The number of ether oxygens (including phenoxy) is 1. The molecule has 0 saturated heterocycles. The van der Waals surface area contributed by atoms with Crippen molar-refractivity contribution in [3.05, 3.63) is 47.2 Å². The Balaban J connectivity index is 1.92. The number of nitrogens with zero attached hydrogens (tertiary/aromatic N) is 2. The molecule has 0 fully saturated rings. The summed E-state index contributed by atoms with van der Waals surface area (Å²) in [6, 6.07) is 6.94. The van der Waals surface area contributed by atoms with E-state index < -0.39 is 11.7 Å². The number of halogens is 1. The smallest absolute Gasteiger partial charge is 0.260 e. The Morgan fingerprint density at radius 1 is 1.52 bits per heavy atom. The Bertz CT molecular complexity index is 685. The van der Waals surface area contributed by atoms with Crippen molar-refractivity contribution in [3.8, 4) is 5.75 Å². The maximum absolute atomic E-state index is 12.1. The molecule has 2 rings (SSSR count). The fourth-order valence-electron chi connectivity index (χ4n) is 1.99. The summed E-state index contributed by atoms with van der Waals surface area (Å²) in [5.41, 5.74) is -0.589. The number of carbonyl (C=O) groups is 1. The second-order valence-corrected chi connectivity index (χ2v) is 5.99. The van der Waals surface area contributed by atoms with Crippen LogP contribution in [-0.4, -0.2) is 33.4 Å². The molecule has 0 aliphatic rings. The van der Waals surface area contributed by atoms with E-state index >= 15 is 0 Å². The Hall–Kier alpha value is -2.05. The van der Waals surface area contributed by atoms with Crippen LogP contribution in [0.25, 0.3) is 0 Å². The summed E-state index contributed by atoms with van der Waals surface area (Å²) in [6.45, 7) is 3.29. The van der Waals surface area contributed by atoms with Gasteiger partial charge in [-0.2, -0.15) is 5.10 Å². The molecule has 0 saturated carbocycles. The third-order valence-corrected chi connectivity index (χ3v) is 3.76. The number of hydrogen-bond acceptors (Lipinski definition) is 4. The molecule has 2 aromatic rings. The van der Waals surface area contributed by atoms with Gasteiger partial charge in [0.25, 0.3) is 5.91 Å². The lowest BCUT2D eigenvalue weighted by molar-refractivity contribution is -0.128. The molecule has 1 aromatic carbocycles. The van der Waals surface area contributed by atoms with Crippen molar-refractivity contribution in [3.63, 3.8) is 0 Å². The maximum atomic E-state index is 12.1. The van der Waals surface area contributed by atoms with Crippen molar-refractivity contribution in [1.29, 1.82) is 0 Å². The van der Waals surface area contributed by atoms with E-state index in [0.29, 0.717) is 16.3 Å². The molecular weight excluding hydrogens is 318 g/mol. The lowest BCUT2D eigenvalue weighted by Crippen LogP contribution is -2.43. The molecule has 124 valence electrons. The summed E-state index contributed by atoms with van der Waals surface area (Å²) in [5.74, 6) is 0.102. The van der Waals surface area contributed by atoms with Gasteiger partial charge in [-0.3, -0.25) is 9.48 Å². The van der Waals surface area contributed by atoms with Gasteiger partial charge >= 0.3 is 0 Å². The minimum Gasteiger partial charge on any atom is -0.479 e. The van der Waals surface area contributed by atoms with E-state index in [1.165, 1.54) is 0 Å². The monoisotopic (exact) mass is 337 g/mol. The first-order valence-electron chi connectivity index (χ1n) is 7.20. The van der Waals surface area contributed by atoms with Gasteiger partial charge in [-0.25, -0.2) is 0 Å². The summed E-state index contributed by atoms with van der Waals surface area (Å²) in [5, 5.41) is 17.6. The number of para-hydroxylation sites is 1. The van der Waals surface area contributed by atoms with E-state index in [2.05, 4.69) is 10.4 Å². The number of rotatable bonds is 6. The van der Waals surface area contributed by atoms with Crippen LogP contribution in [0.2, 0.25) is 5.02 Å². The Morgan fingerprint density at radius 3 is 2.83 bits per heavy atom. The van der Waals surface area contributed by atoms with Crippen molar-refractivity contribution in [1.82, 2.24) is 15.1 Å². The minimum atomic E-state index is -1.21. The maximum Gasteiger partial charge on any atom is 0.260 e. The highest BCUT2D eigenvalue weighted by Gasteiger charge is 2.27. The Morgan fingerprint density at radius 2 is 2.22 bits per heavy atom. The number of amides is 1. The Labute approximate surface area is 140 Å². The highest BCUT2D eigenvalue weighted by Crippen LogP contribution is 2.24. The zero-order chi connectivity index (χ0) is 17.0. The second kappa shape index (κ2) is 7.02. The van der Waals surface area contributed by atoms with E-state index in [9.17, 15) is 9.90 Å². The number of aromatic nitrogens is 2. The molecule has 1 aromatic heterocycles. The number of nitrogens with one attached hydrogen (secondary N) is 1. The highest BCUT2D eigenvalue weighted by molar-refractivity contribution is 6.32. The highest BCUT2D eigenvalue weighted by atomic mass is 35.5. The molecule has 6 nitrogen and oxygen atoms in total.